The van der Waals surface area contributed by atoms with Crippen molar-refractivity contribution in [3.05, 3.63) is 40.2 Å². The lowest BCUT2D eigenvalue weighted by atomic mass is 10.1. The molecular weight excluding hydrogens is 304 g/mol. The molecule has 0 aliphatic carbocycles. The minimum Gasteiger partial charge on any atom is -0.324 e. The summed E-state index contributed by atoms with van der Waals surface area (Å²) in [4.78, 5) is 38.2. The van der Waals surface area contributed by atoms with Gasteiger partial charge in [0, 0.05) is 17.8 Å². The summed E-state index contributed by atoms with van der Waals surface area (Å²) in [5, 5.41) is 19.9. The molecule has 1 aromatic heterocycles. The Kier molecular flexibility index (Phi) is 3.48. The van der Waals surface area contributed by atoms with Crippen LogP contribution >= 0.6 is 0 Å². The van der Waals surface area contributed by atoms with Gasteiger partial charge in [-0.15, -0.1) is 0 Å². The van der Waals surface area contributed by atoms with Crippen LogP contribution in [0.1, 0.15) is 18.3 Å². The molecule has 2 amide bonds. The van der Waals surface area contributed by atoms with Crippen LogP contribution in [0.5, 0.6) is 0 Å². The number of benzene rings is 1. The molecule has 23 heavy (non-hydrogen) atoms. The Balaban J connectivity index is 1.80. The number of anilines is 2. The van der Waals surface area contributed by atoms with Crippen LogP contribution in [0.15, 0.2) is 24.3 Å². The Morgan fingerprint density at radius 3 is 2.78 bits per heavy atom. The van der Waals surface area contributed by atoms with E-state index in [1.165, 1.54) is 28.9 Å². The van der Waals surface area contributed by atoms with E-state index in [-0.39, 0.29) is 24.0 Å². The van der Waals surface area contributed by atoms with Crippen molar-refractivity contribution in [1.29, 1.82) is 0 Å². The first-order valence-corrected chi connectivity index (χ1v) is 6.72. The predicted molar refractivity (Wildman–Crippen MR) is 78.8 cm³/mol. The molecule has 2 aromatic rings. The molecule has 0 saturated heterocycles. The van der Waals surface area contributed by atoms with Gasteiger partial charge in [0.25, 0.3) is 5.69 Å². The summed E-state index contributed by atoms with van der Waals surface area (Å²) in [7, 11) is 0. The normalized spacial score (nSPS) is 16.4. The fourth-order valence-electron chi connectivity index (χ4n) is 2.27. The van der Waals surface area contributed by atoms with Crippen molar-refractivity contribution in [2.24, 2.45) is 0 Å². The fraction of sp³-hybridized carbons (Fsp3) is 0.231. The highest BCUT2D eigenvalue weighted by Crippen LogP contribution is 2.24. The van der Waals surface area contributed by atoms with Crippen molar-refractivity contribution in [3.63, 3.8) is 0 Å². The largest absolute Gasteiger partial charge is 0.324 e. The molecule has 10 nitrogen and oxygen atoms in total. The summed E-state index contributed by atoms with van der Waals surface area (Å²) in [5.74, 6) is -0.105. The second-order valence-corrected chi connectivity index (χ2v) is 4.99. The lowest BCUT2D eigenvalue weighted by Gasteiger charge is -2.22. The van der Waals surface area contributed by atoms with Gasteiger partial charge in [-0.05, 0) is 19.1 Å². The second-order valence-electron chi connectivity index (χ2n) is 4.99. The van der Waals surface area contributed by atoms with Gasteiger partial charge in [0.15, 0.2) is 0 Å². The lowest BCUT2D eigenvalue weighted by Crippen LogP contribution is -2.36. The first-order chi connectivity index (χ1) is 10.9. The Labute approximate surface area is 129 Å². The summed E-state index contributed by atoms with van der Waals surface area (Å²) < 4.78 is 1.36. The van der Waals surface area contributed by atoms with E-state index in [9.17, 15) is 19.7 Å². The number of carbonyl (C=O) groups is 2. The van der Waals surface area contributed by atoms with Crippen molar-refractivity contribution < 1.29 is 14.5 Å². The highest BCUT2D eigenvalue weighted by Gasteiger charge is 2.32. The van der Waals surface area contributed by atoms with Gasteiger partial charge >= 0.3 is 0 Å². The van der Waals surface area contributed by atoms with Crippen molar-refractivity contribution in [2.45, 2.75) is 19.4 Å². The first-order valence-electron chi connectivity index (χ1n) is 6.72. The quantitative estimate of drug-likeness (QED) is 0.641. The van der Waals surface area contributed by atoms with Crippen LogP contribution in [0.25, 0.3) is 0 Å². The molecule has 0 unspecified atom stereocenters. The SMILES string of the molecule is Cc1nc2n(n1)[C@H](C(=O)Nc1ccc([N+](=O)[O-])cc1)CC(=O)N2. The first kappa shape index (κ1) is 14.6. The number of carbonyl (C=O) groups excluding carboxylic acids is 2. The van der Waals surface area contributed by atoms with E-state index in [1.807, 2.05) is 0 Å². The molecule has 2 heterocycles. The van der Waals surface area contributed by atoms with E-state index in [0.29, 0.717) is 11.5 Å². The van der Waals surface area contributed by atoms with Crippen LogP contribution in [0.3, 0.4) is 0 Å². The van der Waals surface area contributed by atoms with Crippen LogP contribution in [0, 0.1) is 17.0 Å². The summed E-state index contributed by atoms with van der Waals surface area (Å²) in [6.07, 6.45) is -0.0609. The molecule has 0 spiro atoms. The van der Waals surface area contributed by atoms with Crippen molar-refractivity contribution >= 4 is 29.1 Å². The third kappa shape index (κ3) is 2.86. The molecule has 0 fully saturated rings. The maximum atomic E-state index is 12.4. The highest BCUT2D eigenvalue weighted by molar-refractivity contribution is 6.00. The van der Waals surface area contributed by atoms with Gasteiger partial charge in [0.05, 0.1) is 11.3 Å². The number of aryl methyl sites for hydroxylation is 1. The monoisotopic (exact) mass is 316 g/mol. The van der Waals surface area contributed by atoms with Gasteiger partial charge in [0.1, 0.15) is 11.9 Å². The van der Waals surface area contributed by atoms with Gasteiger partial charge in [-0.1, -0.05) is 0 Å². The highest BCUT2D eigenvalue weighted by atomic mass is 16.6. The molecule has 1 atom stereocenters. The van der Waals surface area contributed by atoms with Crippen molar-refractivity contribution in [1.82, 2.24) is 14.8 Å². The maximum absolute atomic E-state index is 12.4. The Hall–Kier alpha value is -3.30. The molecule has 0 bridgehead atoms. The maximum Gasteiger partial charge on any atom is 0.269 e. The smallest absolute Gasteiger partial charge is 0.269 e. The molecule has 118 valence electrons. The van der Waals surface area contributed by atoms with Gasteiger partial charge in [-0.3, -0.25) is 25.0 Å². The number of amides is 2. The van der Waals surface area contributed by atoms with Crippen LogP contribution < -0.4 is 10.6 Å². The zero-order chi connectivity index (χ0) is 16.6. The number of hydrogen-bond donors (Lipinski definition) is 2. The summed E-state index contributed by atoms with van der Waals surface area (Å²) in [5.41, 5.74) is 0.319. The van der Waals surface area contributed by atoms with Crippen LogP contribution in [0.2, 0.25) is 0 Å². The molecular formula is C13H12N6O4. The molecule has 2 N–H and O–H groups in total. The van der Waals surface area contributed by atoms with E-state index in [0.717, 1.165) is 0 Å². The standard InChI is InChI=1S/C13H12N6O4/c1-7-14-13-16-11(20)6-10(18(13)17-7)12(21)15-8-2-4-9(5-3-8)19(22)23/h2-5,10H,6H2,1H3,(H,15,21)(H,14,16,17,20)/t10-/m0/s1. The summed E-state index contributed by atoms with van der Waals surface area (Å²) in [6.45, 7) is 1.66. The Morgan fingerprint density at radius 2 is 2.13 bits per heavy atom. The van der Waals surface area contributed by atoms with Crippen molar-refractivity contribution in [2.75, 3.05) is 10.6 Å². The van der Waals surface area contributed by atoms with E-state index in [1.54, 1.807) is 6.92 Å². The fourth-order valence-corrected chi connectivity index (χ4v) is 2.27. The van der Waals surface area contributed by atoms with E-state index >= 15 is 0 Å². The summed E-state index contributed by atoms with van der Waals surface area (Å²) >= 11 is 0. The zero-order valence-electron chi connectivity index (χ0n) is 12.0. The molecule has 1 aliphatic heterocycles. The number of nitro benzene ring substituents is 1. The number of fused-ring (bicyclic) bond motifs is 1. The van der Waals surface area contributed by atoms with Crippen LogP contribution in [-0.4, -0.2) is 31.5 Å². The number of nitrogens with one attached hydrogen (secondary N) is 2. The average molecular weight is 316 g/mol. The second kappa shape index (κ2) is 5.48. The third-order valence-corrected chi connectivity index (χ3v) is 3.31. The number of rotatable bonds is 3. The average Bonchev–Trinajstić information content (AvgIpc) is 2.86. The van der Waals surface area contributed by atoms with Gasteiger partial charge in [-0.25, -0.2) is 4.68 Å². The molecule has 0 radical (unpaired) electrons. The Bertz CT molecular complexity index is 797. The van der Waals surface area contributed by atoms with Gasteiger partial charge in [-0.2, -0.15) is 10.1 Å². The van der Waals surface area contributed by atoms with Crippen molar-refractivity contribution in [3.8, 4) is 0 Å². The van der Waals surface area contributed by atoms with Crippen LogP contribution in [0.4, 0.5) is 17.3 Å². The zero-order valence-corrected chi connectivity index (χ0v) is 12.0. The van der Waals surface area contributed by atoms with Crippen LogP contribution in [-0.2, 0) is 9.59 Å². The minimum atomic E-state index is -0.824. The summed E-state index contributed by atoms with van der Waals surface area (Å²) in [6, 6.07) is 4.59. The molecule has 3 rings (SSSR count). The van der Waals surface area contributed by atoms with E-state index in [2.05, 4.69) is 20.7 Å². The predicted octanol–water partition coefficient (Wildman–Crippen LogP) is 1.02. The topological polar surface area (TPSA) is 132 Å². The van der Waals surface area contributed by atoms with E-state index < -0.39 is 16.9 Å². The number of hydrogen-bond acceptors (Lipinski definition) is 6. The minimum absolute atomic E-state index is 0.0609. The number of aromatic nitrogens is 3. The molecule has 1 aromatic carbocycles. The molecule has 10 heteroatoms. The number of nitrogens with zero attached hydrogens (tertiary/aromatic N) is 4. The Morgan fingerprint density at radius 1 is 1.43 bits per heavy atom. The third-order valence-electron chi connectivity index (χ3n) is 3.31. The number of non-ortho nitro benzene ring substituents is 1. The lowest BCUT2D eigenvalue weighted by molar-refractivity contribution is -0.384. The molecule has 1 aliphatic rings. The van der Waals surface area contributed by atoms with E-state index in [4.69, 9.17) is 0 Å². The van der Waals surface area contributed by atoms with Gasteiger partial charge in [0.2, 0.25) is 17.8 Å². The number of nitro groups is 1. The molecule has 0 saturated carbocycles. The van der Waals surface area contributed by atoms with Gasteiger partial charge < -0.3 is 5.32 Å².